The minimum absolute atomic E-state index is 0.0444. The Hall–Kier alpha value is -1.12. The minimum Gasteiger partial charge on any atom is -0.365 e. The molecule has 0 amide bonds. The third-order valence-electron chi connectivity index (χ3n) is 1.55. The van der Waals surface area contributed by atoms with E-state index in [1.165, 1.54) is 6.20 Å². The van der Waals surface area contributed by atoms with Gasteiger partial charge in [-0.15, -0.1) is 0 Å². The second kappa shape index (κ2) is 3.32. The van der Waals surface area contributed by atoms with E-state index in [-0.39, 0.29) is 11.4 Å². The molecule has 1 heterocycles. The maximum absolute atomic E-state index is 12.8. The maximum atomic E-state index is 12.8. The first-order valence-corrected chi connectivity index (χ1v) is 4.29. The number of aryl methyl sites for hydroxylation is 1. The van der Waals surface area contributed by atoms with Crippen molar-refractivity contribution >= 4 is 5.82 Å². The van der Waals surface area contributed by atoms with Gasteiger partial charge in [-0.05, 0) is 39.3 Å². The number of hydrogen-bond acceptors (Lipinski definition) is 2. The number of nitrogens with zero attached hydrogens (tertiary/aromatic N) is 1. The SMILES string of the molecule is Cc1cc(NC(C)(C)C)ncc1F. The molecule has 1 rings (SSSR count). The summed E-state index contributed by atoms with van der Waals surface area (Å²) < 4.78 is 12.8. The Bertz CT molecular complexity index is 302. The van der Waals surface area contributed by atoms with Gasteiger partial charge in [0.1, 0.15) is 11.6 Å². The highest BCUT2D eigenvalue weighted by atomic mass is 19.1. The first kappa shape index (κ1) is 9.96. The van der Waals surface area contributed by atoms with Crippen molar-refractivity contribution in [1.82, 2.24) is 4.98 Å². The van der Waals surface area contributed by atoms with Crippen LogP contribution in [0.5, 0.6) is 0 Å². The summed E-state index contributed by atoms with van der Waals surface area (Å²) in [5.74, 6) is 0.450. The monoisotopic (exact) mass is 182 g/mol. The van der Waals surface area contributed by atoms with Crippen LogP contribution in [0, 0.1) is 12.7 Å². The van der Waals surface area contributed by atoms with Crippen LogP contribution in [0.4, 0.5) is 10.2 Å². The fourth-order valence-electron chi connectivity index (χ4n) is 0.992. The van der Waals surface area contributed by atoms with Gasteiger partial charge in [0.15, 0.2) is 0 Å². The second-order valence-electron chi connectivity index (χ2n) is 4.19. The number of anilines is 1. The molecule has 0 aliphatic carbocycles. The lowest BCUT2D eigenvalue weighted by atomic mass is 10.1. The molecule has 0 atom stereocenters. The van der Waals surface area contributed by atoms with Crippen molar-refractivity contribution in [2.75, 3.05) is 5.32 Å². The van der Waals surface area contributed by atoms with Crippen LogP contribution in [0.15, 0.2) is 12.3 Å². The summed E-state index contributed by atoms with van der Waals surface area (Å²) >= 11 is 0. The highest BCUT2D eigenvalue weighted by Gasteiger charge is 2.10. The number of pyridine rings is 1. The van der Waals surface area contributed by atoms with Crippen molar-refractivity contribution in [3.8, 4) is 0 Å². The van der Waals surface area contributed by atoms with Crippen LogP contribution in [0.2, 0.25) is 0 Å². The third kappa shape index (κ3) is 3.01. The number of rotatable bonds is 1. The lowest BCUT2D eigenvalue weighted by Crippen LogP contribution is -2.26. The molecule has 0 aromatic carbocycles. The van der Waals surface area contributed by atoms with Crippen LogP contribution in [-0.2, 0) is 0 Å². The Morgan fingerprint density at radius 1 is 1.38 bits per heavy atom. The largest absolute Gasteiger partial charge is 0.365 e. The van der Waals surface area contributed by atoms with E-state index in [0.29, 0.717) is 11.4 Å². The van der Waals surface area contributed by atoms with E-state index in [1.54, 1.807) is 13.0 Å². The Morgan fingerprint density at radius 2 is 2.00 bits per heavy atom. The predicted molar refractivity (Wildman–Crippen MR) is 52.3 cm³/mol. The van der Waals surface area contributed by atoms with Gasteiger partial charge in [-0.2, -0.15) is 0 Å². The van der Waals surface area contributed by atoms with E-state index in [9.17, 15) is 4.39 Å². The summed E-state index contributed by atoms with van der Waals surface area (Å²) in [5.41, 5.74) is 0.568. The highest BCUT2D eigenvalue weighted by molar-refractivity contribution is 5.39. The molecular weight excluding hydrogens is 167 g/mol. The molecule has 0 bridgehead atoms. The predicted octanol–water partition coefficient (Wildman–Crippen LogP) is 2.74. The van der Waals surface area contributed by atoms with Crippen molar-refractivity contribution in [3.63, 3.8) is 0 Å². The molecular formula is C10H15FN2. The van der Waals surface area contributed by atoms with Crippen molar-refractivity contribution in [2.45, 2.75) is 33.2 Å². The number of nitrogens with one attached hydrogen (secondary N) is 1. The quantitative estimate of drug-likeness (QED) is 0.722. The second-order valence-corrected chi connectivity index (χ2v) is 4.19. The van der Waals surface area contributed by atoms with Crippen LogP contribution < -0.4 is 5.32 Å². The third-order valence-corrected chi connectivity index (χ3v) is 1.55. The molecule has 0 spiro atoms. The normalized spacial score (nSPS) is 11.5. The molecule has 0 fully saturated rings. The lowest BCUT2D eigenvalue weighted by molar-refractivity contribution is 0.606. The molecule has 3 heteroatoms. The molecule has 2 nitrogen and oxygen atoms in total. The average molecular weight is 182 g/mol. The molecule has 0 radical (unpaired) electrons. The average Bonchev–Trinajstić information content (AvgIpc) is 1.94. The summed E-state index contributed by atoms with van der Waals surface area (Å²) in [6, 6.07) is 1.71. The summed E-state index contributed by atoms with van der Waals surface area (Å²) in [4.78, 5) is 3.94. The fraction of sp³-hybridized carbons (Fsp3) is 0.500. The van der Waals surface area contributed by atoms with Gasteiger partial charge in [0.25, 0.3) is 0 Å². The molecule has 1 N–H and O–H groups in total. The van der Waals surface area contributed by atoms with Gasteiger partial charge in [-0.25, -0.2) is 9.37 Å². The Kier molecular flexibility index (Phi) is 2.55. The smallest absolute Gasteiger partial charge is 0.144 e. The zero-order valence-corrected chi connectivity index (χ0v) is 8.48. The van der Waals surface area contributed by atoms with E-state index >= 15 is 0 Å². The number of halogens is 1. The number of hydrogen-bond donors (Lipinski definition) is 1. The Balaban J connectivity index is 2.86. The molecule has 0 saturated heterocycles. The van der Waals surface area contributed by atoms with Gasteiger partial charge >= 0.3 is 0 Å². The fourth-order valence-corrected chi connectivity index (χ4v) is 0.992. The van der Waals surface area contributed by atoms with E-state index in [4.69, 9.17) is 0 Å². The van der Waals surface area contributed by atoms with Crippen molar-refractivity contribution in [3.05, 3.63) is 23.6 Å². The summed E-state index contributed by atoms with van der Waals surface area (Å²) in [6.45, 7) is 7.83. The molecule has 72 valence electrons. The highest BCUT2D eigenvalue weighted by Crippen LogP contribution is 2.14. The Labute approximate surface area is 78.2 Å². The van der Waals surface area contributed by atoms with E-state index in [0.717, 1.165) is 0 Å². The minimum atomic E-state index is -0.264. The Morgan fingerprint density at radius 3 is 2.46 bits per heavy atom. The van der Waals surface area contributed by atoms with E-state index in [2.05, 4.69) is 10.3 Å². The standard InChI is InChI=1S/C10H15FN2/c1-7-5-9(12-6-8(7)11)13-10(2,3)4/h5-6H,1-4H3,(H,12,13). The summed E-state index contributed by atoms with van der Waals surface area (Å²) in [7, 11) is 0. The van der Waals surface area contributed by atoms with Gasteiger partial charge in [0.05, 0.1) is 6.20 Å². The lowest BCUT2D eigenvalue weighted by Gasteiger charge is -2.21. The van der Waals surface area contributed by atoms with Gasteiger partial charge in [0, 0.05) is 5.54 Å². The summed E-state index contributed by atoms with van der Waals surface area (Å²) in [6.07, 6.45) is 1.24. The first-order chi connectivity index (χ1) is 5.88. The van der Waals surface area contributed by atoms with Crippen molar-refractivity contribution in [2.24, 2.45) is 0 Å². The topological polar surface area (TPSA) is 24.9 Å². The van der Waals surface area contributed by atoms with Crippen LogP contribution in [0.25, 0.3) is 0 Å². The van der Waals surface area contributed by atoms with Gasteiger partial charge < -0.3 is 5.32 Å². The zero-order valence-electron chi connectivity index (χ0n) is 8.48. The molecule has 1 aromatic rings. The number of aromatic nitrogens is 1. The molecule has 0 unspecified atom stereocenters. The van der Waals surface area contributed by atoms with E-state index in [1.807, 2.05) is 20.8 Å². The van der Waals surface area contributed by atoms with Gasteiger partial charge in [-0.1, -0.05) is 0 Å². The molecule has 0 aliphatic heterocycles. The zero-order chi connectivity index (χ0) is 10.1. The van der Waals surface area contributed by atoms with E-state index < -0.39 is 0 Å². The maximum Gasteiger partial charge on any atom is 0.144 e. The van der Waals surface area contributed by atoms with Crippen LogP contribution in [0.3, 0.4) is 0 Å². The molecule has 0 aliphatic rings. The van der Waals surface area contributed by atoms with Crippen LogP contribution in [0.1, 0.15) is 26.3 Å². The van der Waals surface area contributed by atoms with Gasteiger partial charge in [0.2, 0.25) is 0 Å². The molecule has 13 heavy (non-hydrogen) atoms. The van der Waals surface area contributed by atoms with Crippen LogP contribution in [-0.4, -0.2) is 10.5 Å². The summed E-state index contributed by atoms with van der Waals surface area (Å²) in [5, 5.41) is 3.17. The van der Waals surface area contributed by atoms with Crippen LogP contribution >= 0.6 is 0 Å². The van der Waals surface area contributed by atoms with Crippen molar-refractivity contribution in [1.29, 1.82) is 0 Å². The molecule has 1 aromatic heterocycles. The first-order valence-electron chi connectivity index (χ1n) is 4.29. The molecule has 0 saturated carbocycles. The van der Waals surface area contributed by atoms with Crippen molar-refractivity contribution < 1.29 is 4.39 Å². The van der Waals surface area contributed by atoms with Gasteiger partial charge in [-0.3, -0.25) is 0 Å².